The molecule has 2 rings (SSSR count). The van der Waals surface area contributed by atoms with E-state index in [4.69, 9.17) is 5.11 Å². The largest absolute Gasteiger partial charge is 0.477 e. The molecule has 0 amide bonds. The van der Waals surface area contributed by atoms with Gasteiger partial charge < -0.3 is 10.4 Å². The van der Waals surface area contributed by atoms with E-state index in [0.29, 0.717) is 22.2 Å². The molecular weight excluding hydrogens is 248 g/mol. The number of carboxylic acids is 1. The van der Waals surface area contributed by atoms with Crippen LogP contribution in [0.25, 0.3) is 0 Å². The van der Waals surface area contributed by atoms with Crippen molar-refractivity contribution in [2.75, 3.05) is 5.32 Å². The van der Waals surface area contributed by atoms with Crippen molar-refractivity contribution in [3.8, 4) is 0 Å². The van der Waals surface area contributed by atoms with Gasteiger partial charge in [0.15, 0.2) is 5.13 Å². The van der Waals surface area contributed by atoms with Crippen LogP contribution < -0.4 is 5.32 Å². The minimum Gasteiger partial charge on any atom is -0.477 e. The Morgan fingerprint density at radius 2 is 2.22 bits per heavy atom. The second kappa shape index (κ2) is 5.18. The minimum atomic E-state index is -0.923. The summed E-state index contributed by atoms with van der Waals surface area (Å²) in [6.07, 6.45) is 0. The van der Waals surface area contributed by atoms with Gasteiger partial charge in [-0.05, 0) is 19.4 Å². The summed E-state index contributed by atoms with van der Waals surface area (Å²) in [6.45, 7) is 4.39. The van der Waals surface area contributed by atoms with Crippen LogP contribution in [0.15, 0.2) is 24.3 Å². The number of aromatic carboxylic acids is 1. The third-order valence-corrected chi connectivity index (χ3v) is 3.62. The molecule has 1 heterocycles. The van der Waals surface area contributed by atoms with Gasteiger partial charge in [-0.1, -0.05) is 41.2 Å². The molecule has 0 aliphatic carbocycles. The number of hydrogen-bond donors (Lipinski definition) is 2. The molecule has 1 aromatic carbocycles. The van der Waals surface area contributed by atoms with Gasteiger partial charge in [-0.3, -0.25) is 0 Å². The standard InChI is InChI=1S/C13H14N2O2S/c1-8-4-3-5-10(6-8)7-14-13-15-9(2)11(18-13)12(16)17/h3-6H,7H2,1-2H3,(H,14,15)(H,16,17). The Hall–Kier alpha value is -1.88. The molecule has 18 heavy (non-hydrogen) atoms. The predicted octanol–water partition coefficient (Wildman–Crippen LogP) is 3.07. The lowest BCUT2D eigenvalue weighted by molar-refractivity contribution is 0.0701. The van der Waals surface area contributed by atoms with Gasteiger partial charge in [0, 0.05) is 6.54 Å². The van der Waals surface area contributed by atoms with Crippen molar-refractivity contribution in [3.63, 3.8) is 0 Å². The zero-order valence-electron chi connectivity index (χ0n) is 10.2. The Kier molecular flexibility index (Phi) is 3.62. The van der Waals surface area contributed by atoms with Crippen LogP contribution in [0, 0.1) is 13.8 Å². The molecule has 0 saturated heterocycles. The van der Waals surface area contributed by atoms with Crippen LogP contribution in [0.1, 0.15) is 26.5 Å². The maximum absolute atomic E-state index is 10.9. The van der Waals surface area contributed by atoms with Crippen LogP contribution in [0.3, 0.4) is 0 Å². The molecule has 2 aromatic rings. The van der Waals surface area contributed by atoms with Crippen molar-refractivity contribution in [1.29, 1.82) is 0 Å². The zero-order valence-corrected chi connectivity index (χ0v) is 11.0. The highest BCUT2D eigenvalue weighted by molar-refractivity contribution is 7.17. The molecule has 2 N–H and O–H groups in total. The summed E-state index contributed by atoms with van der Waals surface area (Å²) >= 11 is 1.17. The first-order chi connectivity index (χ1) is 8.56. The Bertz CT molecular complexity index is 578. The molecule has 0 saturated carbocycles. The summed E-state index contributed by atoms with van der Waals surface area (Å²) in [6, 6.07) is 8.16. The monoisotopic (exact) mass is 262 g/mol. The fraction of sp³-hybridized carbons (Fsp3) is 0.231. The molecule has 0 bridgehead atoms. The number of thiazole rings is 1. The molecule has 0 aliphatic heterocycles. The molecule has 94 valence electrons. The van der Waals surface area contributed by atoms with E-state index in [2.05, 4.69) is 16.4 Å². The van der Waals surface area contributed by atoms with Crippen molar-refractivity contribution in [2.24, 2.45) is 0 Å². The van der Waals surface area contributed by atoms with E-state index in [1.807, 2.05) is 25.1 Å². The van der Waals surface area contributed by atoms with Gasteiger partial charge in [0.1, 0.15) is 4.88 Å². The fourth-order valence-electron chi connectivity index (χ4n) is 1.67. The average Bonchev–Trinajstić information content (AvgIpc) is 2.68. The molecular formula is C13H14N2O2S. The van der Waals surface area contributed by atoms with E-state index in [0.717, 1.165) is 5.56 Å². The number of aromatic nitrogens is 1. The lowest BCUT2D eigenvalue weighted by Gasteiger charge is -2.03. The second-order valence-corrected chi connectivity index (χ2v) is 5.08. The van der Waals surface area contributed by atoms with Crippen LogP contribution in [0.4, 0.5) is 5.13 Å². The van der Waals surface area contributed by atoms with Gasteiger partial charge in [-0.15, -0.1) is 0 Å². The average molecular weight is 262 g/mol. The third kappa shape index (κ3) is 2.87. The van der Waals surface area contributed by atoms with E-state index in [1.165, 1.54) is 16.9 Å². The minimum absolute atomic E-state index is 0.293. The van der Waals surface area contributed by atoms with Gasteiger partial charge in [0.05, 0.1) is 5.69 Å². The molecule has 0 unspecified atom stereocenters. The van der Waals surface area contributed by atoms with Gasteiger partial charge in [-0.2, -0.15) is 0 Å². The molecule has 1 aromatic heterocycles. The summed E-state index contributed by atoms with van der Waals surface area (Å²) in [7, 11) is 0. The van der Waals surface area contributed by atoms with Crippen molar-refractivity contribution in [1.82, 2.24) is 4.98 Å². The quantitative estimate of drug-likeness (QED) is 0.889. The zero-order chi connectivity index (χ0) is 13.1. The van der Waals surface area contributed by atoms with E-state index in [9.17, 15) is 4.79 Å². The molecule has 0 spiro atoms. The normalized spacial score (nSPS) is 10.3. The number of rotatable bonds is 4. The first-order valence-electron chi connectivity index (χ1n) is 5.56. The van der Waals surface area contributed by atoms with Crippen LogP contribution in [-0.2, 0) is 6.54 Å². The molecule has 5 heteroatoms. The van der Waals surface area contributed by atoms with E-state index in [-0.39, 0.29) is 0 Å². The number of nitrogens with zero attached hydrogens (tertiary/aromatic N) is 1. The maximum atomic E-state index is 10.9. The van der Waals surface area contributed by atoms with Gasteiger partial charge in [0.2, 0.25) is 0 Å². The van der Waals surface area contributed by atoms with Crippen molar-refractivity contribution in [2.45, 2.75) is 20.4 Å². The molecule has 0 aliphatic rings. The third-order valence-electron chi connectivity index (χ3n) is 2.52. The van der Waals surface area contributed by atoms with Crippen molar-refractivity contribution < 1.29 is 9.90 Å². The SMILES string of the molecule is Cc1cccc(CNc2nc(C)c(C(=O)O)s2)c1. The molecule has 0 fully saturated rings. The molecule has 0 atom stereocenters. The highest BCUT2D eigenvalue weighted by atomic mass is 32.1. The van der Waals surface area contributed by atoms with Crippen LogP contribution in [0.2, 0.25) is 0 Å². The fourth-order valence-corrected chi connectivity index (χ4v) is 2.47. The van der Waals surface area contributed by atoms with E-state index in [1.54, 1.807) is 6.92 Å². The van der Waals surface area contributed by atoms with Gasteiger partial charge >= 0.3 is 5.97 Å². The Labute approximate surface area is 109 Å². The highest BCUT2D eigenvalue weighted by Gasteiger charge is 2.13. The number of nitrogens with one attached hydrogen (secondary N) is 1. The number of anilines is 1. The summed E-state index contributed by atoms with van der Waals surface area (Å²) < 4.78 is 0. The number of hydrogen-bond acceptors (Lipinski definition) is 4. The topological polar surface area (TPSA) is 62.2 Å². The first kappa shape index (κ1) is 12.6. The number of benzene rings is 1. The van der Waals surface area contributed by atoms with Crippen LogP contribution in [-0.4, -0.2) is 16.1 Å². The van der Waals surface area contributed by atoms with Crippen LogP contribution >= 0.6 is 11.3 Å². The Balaban J connectivity index is 2.06. The van der Waals surface area contributed by atoms with Crippen molar-refractivity contribution in [3.05, 3.63) is 46.0 Å². The Morgan fingerprint density at radius 3 is 2.83 bits per heavy atom. The lowest BCUT2D eigenvalue weighted by Crippen LogP contribution is -1.98. The summed E-state index contributed by atoms with van der Waals surface area (Å²) in [4.78, 5) is 15.4. The predicted molar refractivity (Wildman–Crippen MR) is 72.3 cm³/mol. The summed E-state index contributed by atoms with van der Waals surface area (Å²) in [5, 5.41) is 12.7. The summed E-state index contributed by atoms with van der Waals surface area (Å²) in [5.41, 5.74) is 2.91. The number of carboxylic acid groups (broad SMARTS) is 1. The smallest absolute Gasteiger partial charge is 0.347 e. The van der Waals surface area contributed by atoms with Gasteiger partial charge in [0.25, 0.3) is 0 Å². The highest BCUT2D eigenvalue weighted by Crippen LogP contribution is 2.22. The number of aryl methyl sites for hydroxylation is 2. The maximum Gasteiger partial charge on any atom is 0.347 e. The van der Waals surface area contributed by atoms with Crippen LogP contribution in [0.5, 0.6) is 0 Å². The molecule has 4 nitrogen and oxygen atoms in total. The van der Waals surface area contributed by atoms with Crippen molar-refractivity contribution >= 4 is 22.4 Å². The van der Waals surface area contributed by atoms with E-state index >= 15 is 0 Å². The number of carbonyl (C=O) groups is 1. The molecule has 0 radical (unpaired) electrons. The van der Waals surface area contributed by atoms with Gasteiger partial charge in [-0.25, -0.2) is 9.78 Å². The lowest BCUT2D eigenvalue weighted by atomic mass is 10.1. The second-order valence-electron chi connectivity index (χ2n) is 4.08. The Morgan fingerprint density at radius 1 is 1.44 bits per heavy atom. The van der Waals surface area contributed by atoms with E-state index < -0.39 is 5.97 Å². The first-order valence-corrected chi connectivity index (χ1v) is 6.38. The summed E-state index contributed by atoms with van der Waals surface area (Å²) in [5.74, 6) is -0.923.